The average molecular weight is 289 g/mol. The molecule has 0 aliphatic rings. The molecule has 0 radical (unpaired) electrons. The minimum atomic E-state index is -0.923. The second-order valence-corrected chi connectivity index (χ2v) is 4.43. The summed E-state index contributed by atoms with van der Waals surface area (Å²) in [5.74, 6) is -2.10. The summed E-state index contributed by atoms with van der Waals surface area (Å²) in [7, 11) is 1.15. The van der Waals surface area contributed by atoms with Gasteiger partial charge in [-0.15, -0.1) is 0 Å². The van der Waals surface area contributed by atoms with Crippen molar-refractivity contribution in [2.24, 2.45) is 0 Å². The van der Waals surface area contributed by atoms with Crippen LogP contribution in [0.4, 0.5) is 0 Å². The van der Waals surface area contributed by atoms with Gasteiger partial charge in [0.2, 0.25) is 0 Å². The summed E-state index contributed by atoms with van der Waals surface area (Å²) < 4.78 is 9.37. The van der Waals surface area contributed by atoms with Crippen molar-refractivity contribution in [1.82, 2.24) is 4.98 Å². The van der Waals surface area contributed by atoms with Gasteiger partial charge in [0.25, 0.3) is 5.78 Å². The van der Waals surface area contributed by atoms with E-state index in [1.165, 1.54) is 6.07 Å². The molecule has 21 heavy (non-hydrogen) atoms. The lowest BCUT2D eigenvalue weighted by Crippen LogP contribution is -2.15. The quantitative estimate of drug-likeness (QED) is 0.528. The van der Waals surface area contributed by atoms with Gasteiger partial charge in [-0.25, -0.2) is 9.59 Å². The smallest absolute Gasteiger partial charge is 0.379 e. The molecule has 6 nitrogen and oxygen atoms in total. The molecule has 0 spiro atoms. The van der Waals surface area contributed by atoms with Gasteiger partial charge >= 0.3 is 11.9 Å². The maximum atomic E-state index is 11.8. The van der Waals surface area contributed by atoms with Crippen LogP contribution in [0.15, 0.2) is 18.2 Å². The minimum absolute atomic E-state index is 0.215. The lowest BCUT2D eigenvalue weighted by atomic mass is 10.1. The molecule has 1 aromatic heterocycles. The lowest BCUT2D eigenvalue weighted by molar-refractivity contribution is -0.135. The van der Waals surface area contributed by atoms with Crippen molar-refractivity contribution in [2.75, 3.05) is 13.7 Å². The molecule has 1 aromatic carbocycles. The Bertz CT molecular complexity index is 729. The standard InChI is InChI=1S/C15H15NO5/c1-4-21-14(18)12-8(2)10-7-9(5-6-11(10)16-12)13(17)15(19)20-3/h5-7,16H,4H2,1-3H3. The van der Waals surface area contributed by atoms with Gasteiger partial charge in [-0.05, 0) is 37.6 Å². The number of ether oxygens (including phenoxy) is 2. The van der Waals surface area contributed by atoms with E-state index in [1.54, 1.807) is 26.0 Å². The molecular weight excluding hydrogens is 274 g/mol. The van der Waals surface area contributed by atoms with Crippen LogP contribution in [0, 0.1) is 6.92 Å². The summed E-state index contributed by atoms with van der Waals surface area (Å²) in [6.07, 6.45) is 0. The number of methoxy groups -OCH3 is 1. The van der Waals surface area contributed by atoms with Gasteiger partial charge in [0.05, 0.1) is 13.7 Å². The monoisotopic (exact) mass is 289 g/mol. The van der Waals surface area contributed by atoms with E-state index in [-0.39, 0.29) is 12.2 Å². The molecule has 0 amide bonds. The highest BCUT2D eigenvalue weighted by Gasteiger charge is 2.20. The number of aromatic nitrogens is 1. The molecular formula is C15H15NO5. The minimum Gasteiger partial charge on any atom is -0.463 e. The van der Waals surface area contributed by atoms with E-state index < -0.39 is 17.7 Å². The zero-order valence-corrected chi connectivity index (χ0v) is 12.0. The fraction of sp³-hybridized carbons (Fsp3) is 0.267. The second-order valence-electron chi connectivity index (χ2n) is 4.43. The first-order valence-electron chi connectivity index (χ1n) is 6.41. The molecule has 0 bridgehead atoms. The molecule has 0 saturated heterocycles. The van der Waals surface area contributed by atoms with E-state index >= 15 is 0 Å². The fourth-order valence-corrected chi connectivity index (χ4v) is 2.09. The number of hydrogen-bond donors (Lipinski definition) is 1. The van der Waals surface area contributed by atoms with Crippen molar-refractivity contribution in [2.45, 2.75) is 13.8 Å². The Kier molecular flexibility index (Phi) is 4.07. The molecule has 0 saturated carbocycles. The Morgan fingerprint density at radius 2 is 1.95 bits per heavy atom. The summed E-state index contributed by atoms with van der Waals surface area (Å²) in [5.41, 5.74) is 1.92. The number of esters is 2. The predicted molar refractivity (Wildman–Crippen MR) is 75.3 cm³/mol. The molecule has 2 aromatic rings. The molecule has 2 rings (SSSR count). The van der Waals surface area contributed by atoms with Crippen molar-refractivity contribution in [3.05, 3.63) is 35.0 Å². The Morgan fingerprint density at radius 1 is 1.24 bits per heavy atom. The van der Waals surface area contributed by atoms with Crippen LogP contribution in [0.25, 0.3) is 10.9 Å². The summed E-state index contributed by atoms with van der Waals surface area (Å²) in [6.45, 7) is 3.75. The SMILES string of the molecule is CCOC(=O)c1[nH]c2ccc(C(=O)C(=O)OC)cc2c1C. The highest BCUT2D eigenvalue weighted by atomic mass is 16.5. The van der Waals surface area contributed by atoms with Gasteiger partial charge in [-0.1, -0.05) is 0 Å². The molecule has 0 atom stereocenters. The van der Waals surface area contributed by atoms with Gasteiger partial charge in [0.1, 0.15) is 5.69 Å². The Hall–Kier alpha value is -2.63. The molecule has 1 N–H and O–H groups in total. The third-order valence-electron chi connectivity index (χ3n) is 3.17. The van der Waals surface area contributed by atoms with Crippen LogP contribution < -0.4 is 0 Å². The molecule has 0 unspecified atom stereocenters. The van der Waals surface area contributed by atoms with E-state index in [1.807, 2.05) is 0 Å². The number of benzene rings is 1. The summed E-state index contributed by atoms with van der Waals surface area (Å²) >= 11 is 0. The zero-order chi connectivity index (χ0) is 15.6. The number of rotatable bonds is 4. The van der Waals surface area contributed by atoms with Crippen LogP contribution in [0.1, 0.15) is 33.3 Å². The highest BCUT2D eigenvalue weighted by Crippen LogP contribution is 2.24. The van der Waals surface area contributed by atoms with Crippen LogP contribution >= 0.6 is 0 Å². The third kappa shape index (κ3) is 2.65. The first-order valence-corrected chi connectivity index (χ1v) is 6.41. The maximum absolute atomic E-state index is 11.8. The van der Waals surface area contributed by atoms with Gasteiger partial charge in [-0.2, -0.15) is 0 Å². The number of carbonyl (C=O) groups is 3. The van der Waals surface area contributed by atoms with E-state index in [9.17, 15) is 14.4 Å². The first kappa shape index (κ1) is 14.8. The molecule has 6 heteroatoms. The van der Waals surface area contributed by atoms with Gasteiger partial charge in [-0.3, -0.25) is 4.79 Å². The molecule has 1 heterocycles. The van der Waals surface area contributed by atoms with Gasteiger partial charge in [0.15, 0.2) is 0 Å². The average Bonchev–Trinajstić information content (AvgIpc) is 2.82. The number of H-pyrrole nitrogens is 1. The number of aryl methyl sites for hydroxylation is 1. The van der Waals surface area contributed by atoms with E-state index in [4.69, 9.17) is 4.74 Å². The topological polar surface area (TPSA) is 85.5 Å². The Morgan fingerprint density at radius 3 is 2.57 bits per heavy atom. The number of Topliss-reactive ketones (excluding diaryl/α,β-unsaturated/α-hetero) is 1. The van der Waals surface area contributed by atoms with Crippen molar-refractivity contribution >= 4 is 28.6 Å². The number of ketones is 1. The maximum Gasteiger partial charge on any atom is 0.379 e. The number of hydrogen-bond acceptors (Lipinski definition) is 5. The van der Waals surface area contributed by atoms with Crippen LogP contribution in [-0.2, 0) is 14.3 Å². The predicted octanol–water partition coefficient (Wildman–Crippen LogP) is 2.01. The molecule has 0 fully saturated rings. The van der Waals surface area contributed by atoms with Gasteiger partial charge in [0, 0.05) is 16.5 Å². The number of carbonyl (C=O) groups excluding carboxylic acids is 3. The summed E-state index contributed by atoms with van der Waals surface area (Å²) in [4.78, 5) is 37.8. The number of fused-ring (bicyclic) bond motifs is 1. The zero-order valence-electron chi connectivity index (χ0n) is 12.0. The van der Waals surface area contributed by atoms with E-state index in [0.717, 1.165) is 7.11 Å². The largest absolute Gasteiger partial charge is 0.463 e. The van der Waals surface area contributed by atoms with Crippen LogP contribution in [-0.4, -0.2) is 36.4 Å². The Balaban J connectivity index is 2.49. The molecule has 0 aliphatic heterocycles. The van der Waals surface area contributed by atoms with E-state index in [2.05, 4.69) is 9.72 Å². The van der Waals surface area contributed by atoms with Crippen LogP contribution in [0.5, 0.6) is 0 Å². The number of aromatic amines is 1. The highest BCUT2D eigenvalue weighted by molar-refractivity contribution is 6.40. The van der Waals surface area contributed by atoms with E-state index in [0.29, 0.717) is 22.2 Å². The van der Waals surface area contributed by atoms with Crippen molar-refractivity contribution < 1.29 is 23.9 Å². The van der Waals surface area contributed by atoms with Crippen molar-refractivity contribution in [1.29, 1.82) is 0 Å². The Labute approximate surface area is 121 Å². The fourth-order valence-electron chi connectivity index (χ4n) is 2.09. The van der Waals surface area contributed by atoms with Gasteiger partial charge < -0.3 is 14.5 Å². The van der Waals surface area contributed by atoms with Crippen LogP contribution in [0.3, 0.4) is 0 Å². The summed E-state index contributed by atoms with van der Waals surface area (Å²) in [5, 5.41) is 0.688. The molecule has 0 aliphatic carbocycles. The van der Waals surface area contributed by atoms with Crippen LogP contribution in [0.2, 0.25) is 0 Å². The number of nitrogens with one attached hydrogen (secondary N) is 1. The first-order chi connectivity index (χ1) is 9.99. The molecule has 110 valence electrons. The summed E-state index contributed by atoms with van der Waals surface area (Å²) in [6, 6.07) is 4.71. The van der Waals surface area contributed by atoms with Crippen molar-refractivity contribution in [3.8, 4) is 0 Å². The van der Waals surface area contributed by atoms with Crippen molar-refractivity contribution in [3.63, 3.8) is 0 Å². The second kappa shape index (κ2) is 5.78. The third-order valence-corrected chi connectivity index (χ3v) is 3.17. The lowest BCUT2D eigenvalue weighted by Gasteiger charge is -2.00. The normalized spacial score (nSPS) is 10.4.